The van der Waals surface area contributed by atoms with Crippen LogP contribution in [-0.4, -0.2) is 46.8 Å². The van der Waals surface area contributed by atoms with Crippen LogP contribution in [0.1, 0.15) is 12.8 Å². The van der Waals surface area contributed by atoms with Crippen molar-refractivity contribution in [1.82, 2.24) is 19.2 Å². The lowest BCUT2D eigenvalue weighted by Crippen LogP contribution is -2.38. The second-order valence-corrected chi connectivity index (χ2v) is 6.56. The average Bonchev–Trinajstić information content (AvgIpc) is 2.92. The number of imidazole rings is 1. The fourth-order valence-electron chi connectivity index (χ4n) is 2.63. The predicted octanol–water partition coefficient (Wildman–Crippen LogP) is -0.928. The Kier molecular flexibility index (Phi) is 2.46. The minimum atomic E-state index is -3.59. The Morgan fingerprint density at radius 1 is 1.50 bits per heavy atom. The number of sulfonamides is 1. The maximum Gasteiger partial charge on any atom is 0.262 e. The van der Waals surface area contributed by atoms with E-state index in [-0.39, 0.29) is 29.4 Å². The maximum atomic E-state index is 12.4. The third-order valence-corrected chi connectivity index (χ3v) is 5.30. The molecule has 8 heteroatoms. The standard InChI is InChI=1S/C10H14N4O3S/c1-13-5-10(11-6-13)18(16,17)14-3-2-7-8(14)4-9(15)12-7/h5-8H,2-4H2,1H3,(H,12,15)/t7-,8+/m0/s1. The highest BCUT2D eigenvalue weighted by Gasteiger charge is 2.47. The van der Waals surface area contributed by atoms with Gasteiger partial charge in [-0.2, -0.15) is 4.31 Å². The number of aromatic nitrogens is 2. The molecule has 0 spiro atoms. The average molecular weight is 270 g/mol. The van der Waals surface area contributed by atoms with Gasteiger partial charge in [-0.15, -0.1) is 0 Å². The fourth-order valence-corrected chi connectivity index (χ4v) is 4.28. The van der Waals surface area contributed by atoms with Crippen LogP contribution in [0.5, 0.6) is 0 Å². The first kappa shape index (κ1) is 11.7. The van der Waals surface area contributed by atoms with Crippen molar-refractivity contribution < 1.29 is 13.2 Å². The van der Waals surface area contributed by atoms with Crippen molar-refractivity contribution in [2.24, 2.45) is 7.05 Å². The SMILES string of the molecule is Cn1cnc(S(=O)(=O)N2CC[C@@H]3NC(=O)C[C@H]32)c1. The van der Waals surface area contributed by atoms with Crippen LogP contribution in [0, 0.1) is 0 Å². The molecule has 0 bridgehead atoms. The first-order valence-corrected chi connectivity index (χ1v) is 7.21. The summed E-state index contributed by atoms with van der Waals surface area (Å²) in [4.78, 5) is 15.2. The van der Waals surface area contributed by atoms with E-state index in [0.29, 0.717) is 13.0 Å². The number of carbonyl (C=O) groups is 1. The second-order valence-electron chi connectivity index (χ2n) is 4.73. The maximum absolute atomic E-state index is 12.4. The van der Waals surface area contributed by atoms with Gasteiger partial charge in [0.1, 0.15) is 0 Å². The van der Waals surface area contributed by atoms with Gasteiger partial charge in [-0.05, 0) is 6.42 Å². The van der Waals surface area contributed by atoms with E-state index in [1.54, 1.807) is 11.6 Å². The van der Waals surface area contributed by atoms with Crippen LogP contribution >= 0.6 is 0 Å². The molecule has 0 unspecified atom stereocenters. The summed E-state index contributed by atoms with van der Waals surface area (Å²) in [6.45, 7) is 0.439. The minimum Gasteiger partial charge on any atom is -0.352 e. The molecule has 0 aromatic carbocycles. The molecular weight excluding hydrogens is 256 g/mol. The molecule has 2 aliphatic rings. The molecule has 2 atom stereocenters. The summed E-state index contributed by atoms with van der Waals surface area (Å²) >= 11 is 0. The molecule has 1 N–H and O–H groups in total. The molecule has 2 fully saturated rings. The number of fused-ring (bicyclic) bond motifs is 1. The molecule has 2 saturated heterocycles. The van der Waals surface area contributed by atoms with Crippen LogP contribution in [0.2, 0.25) is 0 Å². The first-order valence-electron chi connectivity index (χ1n) is 5.77. The van der Waals surface area contributed by atoms with Crippen molar-refractivity contribution in [3.63, 3.8) is 0 Å². The first-order chi connectivity index (χ1) is 8.48. The van der Waals surface area contributed by atoms with E-state index in [0.717, 1.165) is 0 Å². The van der Waals surface area contributed by atoms with Gasteiger partial charge < -0.3 is 9.88 Å². The molecule has 3 heterocycles. The predicted molar refractivity (Wildman–Crippen MR) is 62.1 cm³/mol. The van der Waals surface area contributed by atoms with Gasteiger partial charge in [-0.1, -0.05) is 0 Å². The lowest BCUT2D eigenvalue weighted by atomic mass is 10.1. The van der Waals surface area contributed by atoms with Gasteiger partial charge in [-0.25, -0.2) is 13.4 Å². The molecule has 0 radical (unpaired) electrons. The summed E-state index contributed by atoms with van der Waals surface area (Å²) < 4.78 is 27.8. The van der Waals surface area contributed by atoms with Crippen molar-refractivity contribution in [3.05, 3.63) is 12.5 Å². The van der Waals surface area contributed by atoms with Gasteiger partial charge in [0.05, 0.1) is 12.4 Å². The van der Waals surface area contributed by atoms with Crippen molar-refractivity contribution >= 4 is 15.9 Å². The molecule has 1 amide bonds. The van der Waals surface area contributed by atoms with E-state index < -0.39 is 10.0 Å². The third kappa shape index (κ3) is 1.64. The Bertz CT molecular complexity index is 594. The highest BCUT2D eigenvalue weighted by Crippen LogP contribution is 2.30. The zero-order chi connectivity index (χ0) is 12.9. The number of aryl methyl sites for hydroxylation is 1. The fraction of sp³-hybridized carbons (Fsp3) is 0.600. The summed E-state index contributed by atoms with van der Waals surface area (Å²) in [7, 11) is -1.86. The molecule has 7 nitrogen and oxygen atoms in total. The number of nitrogens with one attached hydrogen (secondary N) is 1. The Hall–Kier alpha value is -1.41. The molecule has 18 heavy (non-hydrogen) atoms. The van der Waals surface area contributed by atoms with Gasteiger partial charge in [0.15, 0.2) is 5.03 Å². The number of hydrogen-bond donors (Lipinski definition) is 1. The van der Waals surface area contributed by atoms with E-state index >= 15 is 0 Å². The van der Waals surface area contributed by atoms with Gasteiger partial charge in [0, 0.05) is 32.3 Å². The van der Waals surface area contributed by atoms with Crippen molar-refractivity contribution in [2.45, 2.75) is 30.0 Å². The molecular formula is C10H14N4O3S. The molecule has 2 aliphatic heterocycles. The largest absolute Gasteiger partial charge is 0.352 e. The quantitative estimate of drug-likeness (QED) is 0.752. The second kappa shape index (κ2) is 3.79. The summed E-state index contributed by atoms with van der Waals surface area (Å²) in [6, 6.07) is -0.305. The van der Waals surface area contributed by atoms with Crippen LogP contribution in [-0.2, 0) is 21.9 Å². The number of amides is 1. The number of rotatable bonds is 2. The number of carbonyl (C=O) groups excluding carboxylic acids is 1. The molecule has 1 aromatic rings. The monoisotopic (exact) mass is 270 g/mol. The summed E-state index contributed by atoms with van der Waals surface area (Å²) in [5, 5.41) is 2.85. The topological polar surface area (TPSA) is 84.3 Å². The molecule has 0 aliphatic carbocycles. The van der Waals surface area contributed by atoms with Crippen molar-refractivity contribution in [1.29, 1.82) is 0 Å². The van der Waals surface area contributed by atoms with E-state index in [1.165, 1.54) is 16.8 Å². The van der Waals surface area contributed by atoms with Crippen molar-refractivity contribution in [3.8, 4) is 0 Å². The zero-order valence-corrected chi connectivity index (χ0v) is 10.7. The van der Waals surface area contributed by atoms with E-state index in [9.17, 15) is 13.2 Å². The molecule has 98 valence electrons. The Labute approximate surface area is 105 Å². The van der Waals surface area contributed by atoms with Crippen molar-refractivity contribution in [2.75, 3.05) is 6.54 Å². The van der Waals surface area contributed by atoms with E-state index in [4.69, 9.17) is 0 Å². The Balaban J connectivity index is 1.93. The highest BCUT2D eigenvalue weighted by molar-refractivity contribution is 7.89. The van der Waals surface area contributed by atoms with E-state index in [1.807, 2.05) is 0 Å². The molecule has 1 aromatic heterocycles. The minimum absolute atomic E-state index is 0.0454. The normalized spacial score (nSPS) is 28.4. The van der Waals surface area contributed by atoms with Gasteiger partial charge in [0.25, 0.3) is 10.0 Å². The number of hydrogen-bond acceptors (Lipinski definition) is 4. The highest BCUT2D eigenvalue weighted by atomic mass is 32.2. The van der Waals surface area contributed by atoms with Crippen LogP contribution < -0.4 is 5.32 Å². The van der Waals surface area contributed by atoms with Crippen LogP contribution in [0.15, 0.2) is 17.6 Å². The van der Waals surface area contributed by atoms with Gasteiger partial charge >= 0.3 is 0 Å². The summed E-state index contributed by atoms with van der Waals surface area (Å²) in [5.74, 6) is -0.0779. The lowest BCUT2D eigenvalue weighted by Gasteiger charge is -2.20. The lowest BCUT2D eigenvalue weighted by molar-refractivity contribution is -0.119. The van der Waals surface area contributed by atoms with Crippen LogP contribution in [0.4, 0.5) is 0 Å². The zero-order valence-electron chi connectivity index (χ0n) is 9.91. The molecule has 0 saturated carbocycles. The smallest absolute Gasteiger partial charge is 0.262 e. The Morgan fingerprint density at radius 3 is 2.94 bits per heavy atom. The Morgan fingerprint density at radius 2 is 2.28 bits per heavy atom. The van der Waals surface area contributed by atoms with Gasteiger partial charge in [0.2, 0.25) is 5.91 Å². The van der Waals surface area contributed by atoms with Gasteiger partial charge in [-0.3, -0.25) is 4.79 Å². The van der Waals surface area contributed by atoms with Crippen LogP contribution in [0.3, 0.4) is 0 Å². The summed E-state index contributed by atoms with van der Waals surface area (Å²) in [5.41, 5.74) is 0. The van der Waals surface area contributed by atoms with Crippen LogP contribution in [0.25, 0.3) is 0 Å². The summed E-state index contributed by atoms with van der Waals surface area (Å²) in [6.07, 6.45) is 3.85. The van der Waals surface area contributed by atoms with E-state index in [2.05, 4.69) is 10.3 Å². The third-order valence-electron chi connectivity index (χ3n) is 3.49. The number of nitrogens with zero attached hydrogens (tertiary/aromatic N) is 3. The molecule has 3 rings (SSSR count).